The Hall–Kier alpha value is -1.84. The normalized spacial score (nSPS) is 28.8. The van der Waals surface area contributed by atoms with E-state index in [2.05, 4.69) is 5.32 Å². The molecule has 1 amide bonds. The zero-order valence-electron chi connectivity index (χ0n) is 8.93. The van der Waals surface area contributed by atoms with Gasteiger partial charge in [-0.15, -0.1) is 0 Å². The minimum Gasteiger partial charge on any atom is -0.480 e. The van der Waals surface area contributed by atoms with E-state index in [1.807, 2.05) is 30.3 Å². The van der Waals surface area contributed by atoms with Gasteiger partial charge < -0.3 is 10.4 Å². The predicted octanol–water partition coefficient (Wildman–Crippen LogP) is 0.917. The van der Waals surface area contributed by atoms with Crippen LogP contribution >= 0.6 is 0 Å². The second-order valence-electron chi connectivity index (χ2n) is 4.30. The molecule has 84 valence electrons. The lowest BCUT2D eigenvalue weighted by molar-refractivity contribution is -0.141. The molecule has 1 aliphatic heterocycles. The van der Waals surface area contributed by atoms with Crippen LogP contribution in [0.25, 0.3) is 0 Å². The van der Waals surface area contributed by atoms with Gasteiger partial charge in [0.15, 0.2) is 0 Å². The highest BCUT2D eigenvalue weighted by Gasteiger charge is 2.48. The van der Waals surface area contributed by atoms with Crippen LogP contribution in [0.15, 0.2) is 30.3 Å². The van der Waals surface area contributed by atoms with Crippen LogP contribution in [0, 0.1) is 0 Å². The third-order valence-electron chi connectivity index (χ3n) is 3.15. The lowest BCUT2D eigenvalue weighted by atomic mass is 9.76. The highest BCUT2D eigenvalue weighted by Crippen LogP contribution is 2.35. The number of rotatable bonds is 2. The highest BCUT2D eigenvalue weighted by molar-refractivity contribution is 5.90. The molecule has 0 bridgehead atoms. The number of nitrogens with one attached hydrogen (secondary N) is 1. The minimum atomic E-state index is -0.989. The maximum absolute atomic E-state index is 11.4. The monoisotopic (exact) mass is 219 g/mol. The largest absolute Gasteiger partial charge is 0.480 e. The van der Waals surface area contributed by atoms with E-state index in [4.69, 9.17) is 5.11 Å². The van der Waals surface area contributed by atoms with Gasteiger partial charge in [0.1, 0.15) is 6.04 Å². The first-order valence-corrected chi connectivity index (χ1v) is 5.12. The fraction of sp³-hybridized carbons (Fsp3) is 0.333. The molecular weight excluding hydrogens is 206 g/mol. The van der Waals surface area contributed by atoms with E-state index in [0.29, 0.717) is 0 Å². The van der Waals surface area contributed by atoms with Crippen molar-refractivity contribution >= 4 is 11.9 Å². The molecule has 1 saturated heterocycles. The van der Waals surface area contributed by atoms with E-state index in [1.54, 1.807) is 6.92 Å². The smallest absolute Gasteiger partial charge is 0.327 e. The molecule has 1 heterocycles. The fourth-order valence-electron chi connectivity index (χ4n) is 2.23. The number of hydrogen-bond acceptors (Lipinski definition) is 2. The molecule has 2 unspecified atom stereocenters. The van der Waals surface area contributed by atoms with Crippen molar-refractivity contribution < 1.29 is 14.7 Å². The molecule has 4 heteroatoms. The Kier molecular flexibility index (Phi) is 2.42. The number of aliphatic carboxylic acids is 1. The van der Waals surface area contributed by atoms with Gasteiger partial charge in [-0.25, -0.2) is 4.79 Å². The second kappa shape index (κ2) is 3.63. The SMILES string of the molecule is CC1(c2ccccc2)CC(=O)NC1C(=O)O. The van der Waals surface area contributed by atoms with Gasteiger partial charge in [-0.05, 0) is 5.56 Å². The molecule has 0 radical (unpaired) electrons. The zero-order valence-corrected chi connectivity index (χ0v) is 8.93. The molecule has 0 spiro atoms. The highest BCUT2D eigenvalue weighted by atomic mass is 16.4. The van der Waals surface area contributed by atoms with Crippen molar-refractivity contribution in [3.63, 3.8) is 0 Å². The Morgan fingerprint density at radius 1 is 1.44 bits per heavy atom. The Morgan fingerprint density at radius 2 is 2.06 bits per heavy atom. The predicted molar refractivity (Wildman–Crippen MR) is 58.0 cm³/mol. The molecule has 1 fully saturated rings. The number of carbonyl (C=O) groups excluding carboxylic acids is 1. The van der Waals surface area contributed by atoms with Crippen LogP contribution in [0.4, 0.5) is 0 Å². The first-order valence-electron chi connectivity index (χ1n) is 5.12. The van der Waals surface area contributed by atoms with Crippen molar-refractivity contribution in [1.29, 1.82) is 0 Å². The third kappa shape index (κ3) is 1.56. The van der Waals surface area contributed by atoms with Gasteiger partial charge in [-0.1, -0.05) is 37.3 Å². The van der Waals surface area contributed by atoms with Gasteiger partial charge in [-0.2, -0.15) is 0 Å². The quantitative estimate of drug-likeness (QED) is 0.777. The average molecular weight is 219 g/mol. The van der Waals surface area contributed by atoms with E-state index in [-0.39, 0.29) is 12.3 Å². The summed E-state index contributed by atoms with van der Waals surface area (Å²) in [5.74, 6) is -1.20. The van der Waals surface area contributed by atoms with Crippen molar-refractivity contribution in [3.05, 3.63) is 35.9 Å². The Bertz CT molecular complexity index is 429. The van der Waals surface area contributed by atoms with Crippen LogP contribution in [-0.2, 0) is 15.0 Å². The Balaban J connectivity index is 2.43. The van der Waals surface area contributed by atoms with E-state index in [1.165, 1.54) is 0 Å². The second-order valence-corrected chi connectivity index (χ2v) is 4.30. The van der Waals surface area contributed by atoms with Gasteiger partial charge in [0.25, 0.3) is 0 Å². The summed E-state index contributed by atoms with van der Waals surface area (Å²) < 4.78 is 0. The zero-order chi connectivity index (χ0) is 11.8. The van der Waals surface area contributed by atoms with E-state index in [9.17, 15) is 9.59 Å². The lowest BCUT2D eigenvalue weighted by Crippen LogP contribution is -2.44. The van der Waals surface area contributed by atoms with Gasteiger partial charge >= 0.3 is 5.97 Å². The Morgan fingerprint density at radius 3 is 2.62 bits per heavy atom. The molecule has 1 aromatic carbocycles. The molecular formula is C12H13NO3. The van der Waals surface area contributed by atoms with Crippen LogP contribution in [0.5, 0.6) is 0 Å². The molecule has 2 N–H and O–H groups in total. The van der Waals surface area contributed by atoms with E-state index >= 15 is 0 Å². The van der Waals surface area contributed by atoms with Crippen molar-refractivity contribution in [2.24, 2.45) is 0 Å². The van der Waals surface area contributed by atoms with Crippen LogP contribution in [0.2, 0.25) is 0 Å². The van der Waals surface area contributed by atoms with Gasteiger partial charge in [0.05, 0.1) is 0 Å². The first kappa shape index (κ1) is 10.7. The van der Waals surface area contributed by atoms with E-state index < -0.39 is 17.4 Å². The summed E-state index contributed by atoms with van der Waals surface area (Å²) in [6.07, 6.45) is 0.216. The molecule has 2 atom stereocenters. The van der Waals surface area contributed by atoms with Gasteiger partial charge in [0, 0.05) is 11.8 Å². The molecule has 16 heavy (non-hydrogen) atoms. The topological polar surface area (TPSA) is 66.4 Å². The summed E-state index contributed by atoms with van der Waals surface area (Å²) in [5.41, 5.74) is 0.213. The lowest BCUT2D eigenvalue weighted by Gasteiger charge is -2.27. The molecule has 0 aromatic heterocycles. The van der Waals surface area contributed by atoms with Crippen LogP contribution < -0.4 is 5.32 Å². The number of amides is 1. The van der Waals surface area contributed by atoms with Crippen molar-refractivity contribution in [3.8, 4) is 0 Å². The summed E-state index contributed by atoms with van der Waals surface area (Å²) in [4.78, 5) is 22.5. The number of benzene rings is 1. The minimum absolute atomic E-state index is 0.209. The number of carbonyl (C=O) groups is 2. The van der Waals surface area contributed by atoms with Crippen LogP contribution in [0.3, 0.4) is 0 Å². The Labute approximate surface area is 93.3 Å². The summed E-state index contributed by atoms with van der Waals surface area (Å²) in [7, 11) is 0. The van der Waals surface area contributed by atoms with Crippen molar-refractivity contribution in [1.82, 2.24) is 5.32 Å². The summed E-state index contributed by atoms with van der Waals surface area (Å²) >= 11 is 0. The number of carboxylic acids is 1. The van der Waals surface area contributed by atoms with Crippen LogP contribution in [-0.4, -0.2) is 23.0 Å². The van der Waals surface area contributed by atoms with E-state index in [0.717, 1.165) is 5.56 Å². The molecule has 2 rings (SSSR count). The van der Waals surface area contributed by atoms with Crippen molar-refractivity contribution in [2.45, 2.75) is 24.8 Å². The van der Waals surface area contributed by atoms with Crippen LogP contribution in [0.1, 0.15) is 18.9 Å². The average Bonchev–Trinajstić information content (AvgIpc) is 2.57. The first-order chi connectivity index (χ1) is 7.54. The molecule has 0 aliphatic carbocycles. The maximum Gasteiger partial charge on any atom is 0.327 e. The van der Waals surface area contributed by atoms with Gasteiger partial charge in [0.2, 0.25) is 5.91 Å². The standard InChI is InChI=1S/C12H13NO3/c1-12(8-5-3-2-4-6-8)7-9(14)13-10(12)11(15)16/h2-6,10H,7H2,1H3,(H,13,14)(H,15,16). The third-order valence-corrected chi connectivity index (χ3v) is 3.15. The molecule has 1 aromatic rings. The maximum atomic E-state index is 11.4. The fourth-order valence-corrected chi connectivity index (χ4v) is 2.23. The number of hydrogen-bond donors (Lipinski definition) is 2. The summed E-state index contributed by atoms with van der Waals surface area (Å²) in [5, 5.41) is 11.6. The molecule has 4 nitrogen and oxygen atoms in total. The molecule has 1 aliphatic rings. The summed E-state index contributed by atoms with van der Waals surface area (Å²) in [6.45, 7) is 1.80. The van der Waals surface area contributed by atoms with Gasteiger partial charge in [-0.3, -0.25) is 4.79 Å². The summed E-state index contributed by atoms with van der Waals surface area (Å²) in [6, 6.07) is 8.44. The molecule has 0 saturated carbocycles. The number of carboxylic acid groups (broad SMARTS) is 1. The van der Waals surface area contributed by atoms with Crippen molar-refractivity contribution in [2.75, 3.05) is 0 Å².